The molecule has 2 aromatic rings. The van der Waals surface area contributed by atoms with E-state index in [1.807, 2.05) is 37.3 Å². The number of carbonyl (C=O) groups is 2. The zero-order chi connectivity index (χ0) is 16.4. The Morgan fingerprint density at radius 3 is 2.48 bits per heavy atom. The number of hydrogen-bond donors (Lipinski definition) is 1. The predicted octanol–water partition coefficient (Wildman–Crippen LogP) is 3.05. The molecule has 2 heterocycles. The number of thiophene rings is 1. The van der Waals surface area contributed by atoms with Crippen molar-refractivity contribution in [3.8, 4) is 0 Å². The van der Waals surface area contributed by atoms with Crippen molar-refractivity contribution in [2.75, 3.05) is 13.1 Å². The number of rotatable bonds is 3. The molecule has 0 bridgehead atoms. The second-order valence-corrected chi connectivity index (χ2v) is 6.61. The first-order valence-electron chi connectivity index (χ1n) is 7.37. The number of carboxylic acids is 1. The molecule has 1 aromatic carbocycles. The summed E-state index contributed by atoms with van der Waals surface area (Å²) in [5, 5.41) is 8.99. The quantitative estimate of drug-likeness (QED) is 0.939. The van der Waals surface area contributed by atoms with Gasteiger partial charge in [0.15, 0.2) is 0 Å². The van der Waals surface area contributed by atoms with E-state index in [1.54, 1.807) is 11.0 Å². The Morgan fingerprint density at radius 1 is 1.13 bits per heavy atom. The summed E-state index contributed by atoms with van der Waals surface area (Å²) in [6.45, 7) is 2.91. The van der Waals surface area contributed by atoms with Crippen LogP contribution in [-0.4, -0.2) is 41.1 Å². The molecule has 1 saturated heterocycles. The Balaban J connectivity index is 1.78. The fourth-order valence-corrected chi connectivity index (χ4v) is 3.51. The van der Waals surface area contributed by atoms with Crippen molar-refractivity contribution in [3.05, 3.63) is 57.8 Å². The summed E-state index contributed by atoms with van der Waals surface area (Å²) >= 11 is 1.01. The number of carbonyl (C=O) groups excluding carboxylic acids is 1. The Kier molecular flexibility index (Phi) is 4.45. The van der Waals surface area contributed by atoms with E-state index >= 15 is 0 Å². The van der Waals surface area contributed by atoms with E-state index in [-0.39, 0.29) is 23.0 Å². The molecule has 0 aliphatic carbocycles. The number of carboxylic acid groups (broad SMARTS) is 1. The number of benzene rings is 1. The van der Waals surface area contributed by atoms with Gasteiger partial charge in [-0.3, -0.25) is 4.79 Å². The average Bonchev–Trinajstić information content (AvgIpc) is 3.04. The van der Waals surface area contributed by atoms with Crippen molar-refractivity contribution in [2.45, 2.75) is 19.1 Å². The molecule has 1 aliphatic rings. The third-order valence-corrected chi connectivity index (χ3v) is 4.81. The number of aromatic carboxylic acids is 1. The first kappa shape index (κ1) is 15.7. The summed E-state index contributed by atoms with van der Waals surface area (Å²) in [7, 11) is 0. The van der Waals surface area contributed by atoms with Crippen LogP contribution in [0.2, 0.25) is 0 Å². The van der Waals surface area contributed by atoms with E-state index < -0.39 is 5.97 Å². The van der Waals surface area contributed by atoms with Gasteiger partial charge in [0.2, 0.25) is 0 Å². The highest BCUT2D eigenvalue weighted by molar-refractivity contribution is 7.15. The van der Waals surface area contributed by atoms with Crippen molar-refractivity contribution in [1.29, 1.82) is 0 Å². The highest BCUT2D eigenvalue weighted by atomic mass is 32.1. The molecule has 1 aromatic heterocycles. The topological polar surface area (TPSA) is 66.8 Å². The van der Waals surface area contributed by atoms with E-state index in [0.717, 1.165) is 16.9 Å². The highest BCUT2D eigenvalue weighted by Crippen LogP contribution is 2.27. The molecule has 2 atom stereocenters. The summed E-state index contributed by atoms with van der Waals surface area (Å²) in [6.07, 6.45) is -0.236. The third kappa shape index (κ3) is 3.43. The van der Waals surface area contributed by atoms with Crippen LogP contribution >= 0.6 is 11.3 Å². The van der Waals surface area contributed by atoms with Gasteiger partial charge in [-0.25, -0.2) is 4.79 Å². The summed E-state index contributed by atoms with van der Waals surface area (Å²) in [6, 6.07) is 12.9. The van der Waals surface area contributed by atoms with Crippen LogP contribution in [0.3, 0.4) is 0 Å². The van der Waals surface area contributed by atoms with Crippen molar-refractivity contribution >= 4 is 23.2 Å². The lowest BCUT2D eigenvalue weighted by Crippen LogP contribution is -2.45. The largest absolute Gasteiger partial charge is 0.477 e. The van der Waals surface area contributed by atoms with Crippen LogP contribution < -0.4 is 0 Å². The fraction of sp³-hybridized carbons (Fsp3) is 0.294. The van der Waals surface area contributed by atoms with Gasteiger partial charge < -0.3 is 14.7 Å². The highest BCUT2D eigenvalue weighted by Gasteiger charge is 2.30. The zero-order valence-corrected chi connectivity index (χ0v) is 13.5. The smallest absolute Gasteiger partial charge is 0.345 e. The first-order valence-corrected chi connectivity index (χ1v) is 8.19. The lowest BCUT2D eigenvalue weighted by Gasteiger charge is -2.36. The minimum absolute atomic E-state index is 0.0724. The summed E-state index contributed by atoms with van der Waals surface area (Å²) in [5.41, 5.74) is 1.04. The Morgan fingerprint density at radius 2 is 1.83 bits per heavy atom. The third-order valence-electron chi connectivity index (χ3n) is 3.75. The van der Waals surface area contributed by atoms with Crippen molar-refractivity contribution in [3.63, 3.8) is 0 Å². The van der Waals surface area contributed by atoms with E-state index in [4.69, 9.17) is 9.84 Å². The number of hydrogen-bond acceptors (Lipinski definition) is 4. The Labute approximate surface area is 138 Å². The first-order chi connectivity index (χ1) is 11.0. The van der Waals surface area contributed by atoms with Crippen LogP contribution in [-0.2, 0) is 4.74 Å². The standard InChI is InChI=1S/C17H17NO4S/c1-11-9-18(10-13(22-11)12-5-3-2-4-6-12)16(19)14-7-8-15(23-14)17(20)21/h2-8,11,13H,9-10H2,1H3,(H,20,21)/t11-,13-/m0/s1. The molecule has 23 heavy (non-hydrogen) atoms. The van der Waals surface area contributed by atoms with Gasteiger partial charge in [-0.05, 0) is 24.6 Å². The van der Waals surface area contributed by atoms with Gasteiger partial charge in [-0.1, -0.05) is 30.3 Å². The molecule has 0 spiro atoms. The number of morpholine rings is 1. The molecule has 120 valence electrons. The van der Waals surface area contributed by atoms with E-state index in [0.29, 0.717) is 18.0 Å². The molecule has 1 fully saturated rings. The van der Waals surface area contributed by atoms with Crippen LogP contribution in [0.5, 0.6) is 0 Å². The van der Waals surface area contributed by atoms with Gasteiger partial charge >= 0.3 is 5.97 Å². The zero-order valence-electron chi connectivity index (χ0n) is 12.6. The number of ether oxygens (including phenoxy) is 1. The Hall–Kier alpha value is -2.18. The second-order valence-electron chi connectivity index (χ2n) is 5.53. The van der Waals surface area contributed by atoms with Gasteiger partial charge in [0, 0.05) is 6.54 Å². The van der Waals surface area contributed by atoms with Crippen LogP contribution in [0.4, 0.5) is 0 Å². The van der Waals surface area contributed by atoms with Gasteiger partial charge in [-0.15, -0.1) is 11.3 Å². The van der Waals surface area contributed by atoms with E-state index in [1.165, 1.54) is 6.07 Å². The minimum Gasteiger partial charge on any atom is -0.477 e. The molecule has 6 heteroatoms. The molecule has 5 nitrogen and oxygen atoms in total. The van der Waals surface area contributed by atoms with Crippen molar-refractivity contribution in [2.24, 2.45) is 0 Å². The molecular formula is C17H17NO4S. The lowest BCUT2D eigenvalue weighted by molar-refractivity contribution is -0.0690. The van der Waals surface area contributed by atoms with E-state index in [9.17, 15) is 9.59 Å². The minimum atomic E-state index is -1.01. The number of nitrogens with zero attached hydrogens (tertiary/aromatic N) is 1. The molecular weight excluding hydrogens is 314 g/mol. The van der Waals surface area contributed by atoms with Crippen molar-refractivity contribution in [1.82, 2.24) is 4.90 Å². The maximum absolute atomic E-state index is 12.6. The van der Waals surface area contributed by atoms with Gasteiger partial charge in [0.05, 0.1) is 17.5 Å². The predicted molar refractivity (Wildman–Crippen MR) is 86.9 cm³/mol. The summed E-state index contributed by atoms with van der Waals surface area (Å²) in [4.78, 5) is 26.0. The molecule has 0 saturated carbocycles. The van der Waals surface area contributed by atoms with Crippen LogP contribution in [0.25, 0.3) is 0 Å². The number of amides is 1. The molecule has 1 N–H and O–H groups in total. The molecule has 0 unspecified atom stereocenters. The Bertz CT molecular complexity index is 712. The molecule has 1 amide bonds. The molecule has 0 radical (unpaired) electrons. The fourth-order valence-electron chi connectivity index (χ4n) is 2.69. The van der Waals surface area contributed by atoms with Crippen LogP contribution in [0, 0.1) is 0 Å². The summed E-state index contributed by atoms with van der Waals surface area (Å²) < 4.78 is 5.95. The maximum atomic E-state index is 12.6. The monoisotopic (exact) mass is 331 g/mol. The van der Waals surface area contributed by atoms with Gasteiger partial charge in [0.25, 0.3) is 5.91 Å². The van der Waals surface area contributed by atoms with Crippen LogP contribution in [0.1, 0.15) is 37.9 Å². The van der Waals surface area contributed by atoms with Crippen molar-refractivity contribution < 1.29 is 19.4 Å². The summed E-state index contributed by atoms with van der Waals surface area (Å²) in [5.74, 6) is -1.15. The second kappa shape index (κ2) is 6.52. The van der Waals surface area contributed by atoms with Crippen LogP contribution in [0.15, 0.2) is 42.5 Å². The van der Waals surface area contributed by atoms with Gasteiger partial charge in [-0.2, -0.15) is 0 Å². The lowest BCUT2D eigenvalue weighted by atomic mass is 10.1. The normalized spacial score (nSPS) is 21.2. The van der Waals surface area contributed by atoms with Gasteiger partial charge in [0.1, 0.15) is 11.0 Å². The molecule has 1 aliphatic heterocycles. The maximum Gasteiger partial charge on any atom is 0.345 e. The SMILES string of the molecule is C[C@H]1CN(C(=O)c2ccc(C(=O)O)s2)C[C@@H](c2ccccc2)O1. The molecule has 3 rings (SSSR count). The van der Waals surface area contributed by atoms with E-state index in [2.05, 4.69) is 0 Å². The average molecular weight is 331 g/mol.